The highest BCUT2D eigenvalue weighted by atomic mass is 16.7. The molecule has 4 heteroatoms. The van der Waals surface area contributed by atoms with Gasteiger partial charge in [-0.25, -0.2) is 0 Å². The summed E-state index contributed by atoms with van der Waals surface area (Å²) in [6, 6.07) is 0. The maximum absolute atomic E-state index is 10.6. The van der Waals surface area contributed by atoms with Crippen molar-refractivity contribution in [3.8, 4) is 0 Å². The zero-order chi connectivity index (χ0) is 11.3. The molecule has 0 amide bonds. The third-order valence-corrected chi connectivity index (χ3v) is 2.73. The van der Waals surface area contributed by atoms with E-state index in [4.69, 9.17) is 14.2 Å². The molecule has 0 aliphatic heterocycles. The normalized spacial score (nSPS) is 19.5. The Hall–Kier alpha value is -0.870. The van der Waals surface area contributed by atoms with E-state index in [2.05, 4.69) is 0 Å². The molecule has 1 aliphatic rings. The average Bonchev–Trinajstić information content (AvgIpc) is 2.27. The molecule has 1 rings (SSSR count). The average molecular weight is 214 g/mol. The van der Waals surface area contributed by atoms with E-state index in [1.54, 1.807) is 14.2 Å². The third kappa shape index (κ3) is 3.32. The van der Waals surface area contributed by atoms with E-state index in [0.29, 0.717) is 13.0 Å². The Morgan fingerprint density at radius 3 is 2.53 bits per heavy atom. The molecule has 0 heterocycles. The summed E-state index contributed by atoms with van der Waals surface area (Å²) in [5, 5.41) is 0. The van der Waals surface area contributed by atoms with E-state index in [-0.39, 0.29) is 5.97 Å². The maximum atomic E-state index is 10.6. The van der Waals surface area contributed by atoms with Gasteiger partial charge in [0, 0.05) is 34.0 Å². The third-order valence-electron chi connectivity index (χ3n) is 2.73. The monoisotopic (exact) mass is 214 g/mol. The summed E-state index contributed by atoms with van der Waals surface area (Å²) in [7, 11) is 3.29. The molecule has 0 fully saturated rings. The lowest BCUT2D eigenvalue weighted by Crippen LogP contribution is -2.35. The summed E-state index contributed by atoms with van der Waals surface area (Å²) in [5.74, 6) is -0.731. The Kier molecular flexibility index (Phi) is 4.29. The fraction of sp³-hybridized carbons (Fsp3) is 0.727. The smallest absolute Gasteiger partial charge is 0.302 e. The molecule has 0 atom stereocenters. The molecule has 0 aromatic carbocycles. The molecule has 0 saturated carbocycles. The topological polar surface area (TPSA) is 44.8 Å². The number of carbonyl (C=O) groups is 1. The number of hydrogen-bond donors (Lipinski definition) is 0. The second-order valence-electron chi connectivity index (χ2n) is 3.67. The lowest BCUT2D eigenvalue weighted by atomic mass is 9.94. The van der Waals surface area contributed by atoms with Crippen molar-refractivity contribution in [1.29, 1.82) is 0 Å². The van der Waals surface area contributed by atoms with Crippen molar-refractivity contribution in [2.75, 3.05) is 20.8 Å². The molecule has 0 saturated heterocycles. The molecule has 0 N–H and O–H groups in total. The van der Waals surface area contributed by atoms with E-state index < -0.39 is 5.79 Å². The van der Waals surface area contributed by atoms with Crippen LogP contribution in [-0.4, -0.2) is 32.6 Å². The van der Waals surface area contributed by atoms with Crippen LogP contribution in [0.1, 0.15) is 26.2 Å². The van der Waals surface area contributed by atoms with Crippen molar-refractivity contribution in [2.45, 2.75) is 32.0 Å². The van der Waals surface area contributed by atoms with Crippen LogP contribution in [0.15, 0.2) is 11.6 Å². The fourth-order valence-corrected chi connectivity index (χ4v) is 1.63. The zero-order valence-electron chi connectivity index (χ0n) is 9.54. The van der Waals surface area contributed by atoms with Crippen LogP contribution in [0.3, 0.4) is 0 Å². The largest absolute Gasteiger partial charge is 0.461 e. The lowest BCUT2D eigenvalue weighted by Gasteiger charge is -2.33. The van der Waals surface area contributed by atoms with Gasteiger partial charge in [0.1, 0.15) is 6.61 Å². The molecule has 0 spiro atoms. The fourth-order valence-electron chi connectivity index (χ4n) is 1.63. The van der Waals surface area contributed by atoms with Crippen molar-refractivity contribution in [2.24, 2.45) is 0 Å². The molecule has 0 aromatic heterocycles. The summed E-state index contributed by atoms with van der Waals surface area (Å²) in [4.78, 5) is 10.6. The number of methoxy groups -OCH3 is 2. The number of hydrogen-bond acceptors (Lipinski definition) is 4. The second-order valence-corrected chi connectivity index (χ2v) is 3.67. The first-order valence-electron chi connectivity index (χ1n) is 5.03. The van der Waals surface area contributed by atoms with Crippen molar-refractivity contribution in [3.05, 3.63) is 11.6 Å². The van der Waals surface area contributed by atoms with Crippen LogP contribution in [0.2, 0.25) is 0 Å². The van der Waals surface area contributed by atoms with Gasteiger partial charge in [-0.3, -0.25) is 4.79 Å². The highest BCUT2D eigenvalue weighted by Crippen LogP contribution is 2.30. The molecule has 0 radical (unpaired) electrons. The zero-order valence-corrected chi connectivity index (χ0v) is 9.54. The van der Waals surface area contributed by atoms with Gasteiger partial charge >= 0.3 is 5.97 Å². The van der Waals surface area contributed by atoms with Crippen LogP contribution in [0.5, 0.6) is 0 Å². The molecular weight excluding hydrogens is 196 g/mol. The Labute approximate surface area is 90.2 Å². The van der Waals surface area contributed by atoms with Gasteiger partial charge in [-0.05, 0) is 12.0 Å². The predicted octanol–water partition coefficient (Wildman–Crippen LogP) is 1.65. The minimum absolute atomic E-state index is 0.244. The van der Waals surface area contributed by atoms with Crippen molar-refractivity contribution < 1.29 is 19.0 Å². The minimum Gasteiger partial charge on any atom is -0.461 e. The van der Waals surface area contributed by atoms with Crippen LogP contribution in [0, 0.1) is 0 Å². The number of rotatable bonds is 4. The van der Waals surface area contributed by atoms with Crippen LogP contribution in [-0.2, 0) is 19.0 Å². The summed E-state index contributed by atoms with van der Waals surface area (Å²) in [6.45, 7) is 1.80. The van der Waals surface area contributed by atoms with Gasteiger partial charge < -0.3 is 14.2 Å². The number of esters is 1. The van der Waals surface area contributed by atoms with E-state index in [9.17, 15) is 4.79 Å². The summed E-state index contributed by atoms with van der Waals surface area (Å²) < 4.78 is 15.6. The molecule has 86 valence electrons. The maximum Gasteiger partial charge on any atom is 0.302 e. The highest BCUT2D eigenvalue weighted by molar-refractivity contribution is 5.66. The summed E-state index contributed by atoms with van der Waals surface area (Å²) >= 11 is 0. The molecule has 0 bridgehead atoms. The van der Waals surface area contributed by atoms with Gasteiger partial charge in [0.05, 0.1) is 0 Å². The van der Waals surface area contributed by atoms with Gasteiger partial charge in [-0.15, -0.1) is 0 Å². The number of carbonyl (C=O) groups excluding carboxylic acids is 1. The summed E-state index contributed by atoms with van der Waals surface area (Å²) in [5.41, 5.74) is 1.13. The SMILES string of the molecule is COC1(OC)CC=C(COC(C)=O)CC1. The van der Waals surface area contributed by atoms with E-state index in [0.717, 1.165) is 18.4 Å². The van der Waals surface area contributed by atoms with Gasteiger partial charge in [-0.1, -0.05) is 6.08 Å². The first-order chi connectivity index (χ1) is 7.12. The second kappa shape index (κ2) is 5.28. The van der Waals surface area contributed by atoms with Crippen molar-refractivity contribution >= 4 is 5.97 Å². The quantitative estimate of drug-likeness (QED) is 0.405. The lowest BCUT2D eigenvalue weighted by molar-refractivity contribution is -0.210. The Morgan fingerprint density at radius 2 is 2.13 bits per heavy atom. The number of ether oxygens (including phenoxy) is 3. The molecule has 0 aromatic rings. The predicted molar refractivity (Wildman–Crippen MR) is 55.3 cm³/mol. The van der Waals surface area contributed by atoms with Crippen LogP contribution in [0.4, 0.5) is 0 Å². The van der Waals surface area contributed by atoms with Gasteiger partial charge in [0.2, 0.25) is 0 Å². The molecule has 1 aliphatic carbocycles. The molecule has 0 unspecified atom stereocenters. The van der Waals surface area contributed by atoms with Gasteiger partial charge in [0.15, 0.2) is 5.79 Å². The van der Waals surface area contributed by atoms with E-state index in [1.807, 2.05) is 6.08 Å². The highest BCUT2D eigenvalue weighted by Gasteiger charge is 2.31. The summed E-state index contributed by atoms with van der Waals surface area (Å²) in [6.07, 6.45) is 4.37. The Balaban J connectivity index is 2.47. The molecule has 15 heavy (non-hydrogen) atoms. The van der Waals surface area contributed by atoms with Crippen molar-refractivity contribution in [1.82, 2.24) is 0 Å². The van der Waals surface area contributed by atoms with Crippen LogP contribution < -0.4 is 0 Å². The molecular formula is C11H18O4. The first kappa shape index (κ1) is 12.2. The van der Waals surface area contributed by atoms with E-state index in [1.165, 1.54) is 6.92 Å². The standard InChI is InChI=1S/C11H18O4/c1-9(12)15-8-10-4-6-11(13-2,14-3)7-5-10/h4H,5-8H2,1-3H3. The van der Waals surface area contributed by atoms with Gasteiger partial charge in [0.25, 0.3) is 0 Å². The van der Waals surface area contributed by atoms with E-state index >= 15 is 0 Å². The Morgan fingerprint density at radius 1 is 1.47 bits per heavy atom. The molecule has 4 nitrogen and oxygen atoms in total. The minimum atomic E-state index is -0.486. The van der Waals surface area contributed by atoms with Crippen molar-refractivity contribution in [3.63, 3.8) is 0 Å². The van der Waals surface area contributed by atoms with Gasteiger partial charge in [-0.2, -0.15) is 0 Å². The Bertz CT molecular complexity index is 253. The van der Waals surface area contributed by atoms with Crippen LogP contribution in [0.25, 0.3) is 0 Å². The van der Waals surface area contributed by atoms with Crippen LogP contribution >= 0.6 is 0 Å². The first-order valence-corrected chi connectivity index (χ1v) is 5.03.